The molecule has 1 aromatic carbocycles. The van der Waals surface area contributed by atoms with E-state index in [9.17, 15) is 20.0 Å². The molecule has 5 heteroatoms. The minimum absolute atomic E-state index is 0.0319. The third-order valence-corrected chi connectivity index (χ3v) is 5.04. The van der Waals surface area contributed by atoms with Gasteiger partial charge in [-0.3, -0.25) is 14.9 Å². The van der Waals surface area contributed by atoms with E-state index >= 15 is 0 Å². The molecule has 2 fully saturated rings. The van der Waals surface area contributed by atoms with Crippen LogP contribution in [0.4, 0.5) is 5.69 Å². The Balaban J connectivity index is 1.95. The highest BCUT2D eigenvalue weighted by atomic mass is 16.6. The SMILES string of the molecule is O=C(O)C1(c2cccc([N+](=O)[O-])c2)CC2(CCCC2)C1. The second kappa shape index (κ2) is 4.30. The van der Waals surface area contributed by atoms with Crippen molar-refractivity contribution in [2.24, 2.45) is 5.41 Å². The highest BCUT2D eigenvalue weighted by molar-refractivity contribution is 5.83. The van der Waals surface area contributed by atoms with Gasteiger partial charge in [0.15, 0.2) is 0 Å². The molecule has 1 N–H and O–H groups in total. The summed E-state index contributed by atoms with van der Waals surface area (Å²) in [5.74, 6) is -0.851. The lowest BCUT2D eigenvalue weighted by atomic mass is 9.49. The average molecular weight is 275 g/mol. The lowest BCUT2D eigenvalue weighted by molar-refractivity contribution is -0.385. The van der Waals surface area contributed by atoms with Gasteiger partial charge in [0.25, 0.3) is 5.69 Å². The largest absolute Gasteiger partial charge is 0.481 e. The van der Waals surface area contributed by atoms with Crippen LogP contribution in [-0.4, -0.2) is 16.0 Å². The van der Waals surface area contributed by atoms with Crippen molar-refractivity contribution in [1.82, 2.24) is 0 Å². The number of nitrogens with zero attached hydrogens (tertiary/aromatic N) is 1. The molecular formula is C15H17NO4. The second-order valence-electron chi connectivity index (χ2n) is 6.26. The van der Waals surface area contributed by atoms with E-state index in [-0.39, 0.29) is 11.1 Å². The van der Waals surface area contributed by atoms with Gasteiger partial charge in [-0.2, -0.15) is 0 Å². The van der Waals surface area contributed by atoms with Crippen LogP contribution >= 0.6 is 0 Å². The quantitative estimate of drug-likeness (QED) is 0.678. The van der Waals surface area contributed by atoms with Gasteiger partial charge >= 0.3 is 5.97 Å². The lowest BCUT2D eigenvalue weighted by Gasteiger charge is -2.52. The molecule has 0 aromatic heterocycles. The summed E-state index contributed by atoms with van der Waals surface area (Å²) >= 11 is 0. The molecule has 106 valence electrons. The number of nitro groups is 1. The number of hydrogen-bond donors (Lipinski definition) is 1. The van der Waals surface area contributed by atoms with Gasteiger partial charge in [0.1, 0.15) is 0 Å². The number of aliphatic carboxylic acids is 1. The van der Waals surface area contributed by atoms with Gasteiger partial charge in [-0.25, -0.2) is 0 Å². The number of benzene rings is 1. The van der Waals surface area contributed by atoms with Crippen molar-refractivity contribution in [3.05, 3.63) is 39.9 Å². The molecule has 1 aromatic rings. The first-order valence-corrected chi connectivity index (χ1v) is 6.96. The van der Waals surface area contributed by atoms with Crippen LogP contribution in [0.2, 0.25) is 0 Å². The van der Waals surface area contributed by atoms with Crippen LogP contribution in [0.1, 0.15) is 44.1 Å². The van der Waals surface area contributed by atoms with Crippen molar-refractivity contribution in [3.8, 4) is 0 Å². The van der Waals surface area contributed by atoms with Crippen LogP contribution in [-0.2, 0) is 10.2 Å². The van der Waals surface area contributed by atoms with E-state index in [0.717, 1.165) is 12.8 Å². The number of rotatable bonds is 3. The van der Waals surface area contributed by atoms with E-state index < -0.39 is 16.3 Å². The standard InChI is InChI=1S/C15H17NO4/c17-13(18)15(9-14(10-15)6-1-2-7-14)11-4-3-5-12(8-11)16(19)20/h3-5,8H,1-2,6-7,9-10H2,(H,17,18). The molecule has 3 rings (SSSR count). The second-order valence-corrected chi connectivity index (χ2v) is 6.26. The molecule has 20 heavy (non-hydrogen) atoms. The molecule has 0 saturated heterocycles. The zero-order valence-corrected chi connectivity index (χ0v) is 11.2. The summed E-state index contributed by atoms with van der Waals surface area (Å²) in [6.45, 7) is 0. The maximum absolute atomic E-state index is 11.8. The predicted molar refractivity (Wildman–Crippen MR) is 72.5 cm³/mol. The van der Waals surface area contributed by atoms with Crippen LogP contribution in [0.5, 0.6) is 0 Å². The molecule has 1 spiro atoms. The first-order chi connectivity index (χ1) is 9.47. The first kappa shape index (κ1) is 13.1. The Morgan fingerprint density at radius 3 is 2.45 bits per heavy atom. The Morgan fingerprint density at radius 1 is 1.25 bits per heavy atom. The molecule has 0 bridgehead atoms. The van der Waals surface area contributed by atoms with Crippen molar-refractivity contribution >= 4 is 11.7 Å². The molecule has 0 amide bonds. The van der Waals surface area contributed by atoms with E-state index in [1.165, 1.54) is 25.0 Å². The minimum atomic E-state index is -0.920. The number of nitro benzene ring substituents is 1. The van der Waals surface area contributed by atoms with E-state index in [2.05, 4.69) is 0 Å². The fourth-order valence-corrected chi connectivity index (χ4v) is 4.10. The van der Waals surface area contributed by atoms with Gasteiger partial charge in [0.05, 0.1) is 10.3 Å². The van der Waals surface area contributed by atoms with Crippen LogP contribution in [0, 0.1) is 15.5 Å². The Bertz CT molecular complexity index is 567. The predicted octanol–water partition coefficient (Wildman–Crippen LogP) is 3.27. The van der Waals surface area contributed by atoms with Gasteiger partial charge in [-0.15, -0.1) is 0 Å². The highest BCUT2D eigenvalue weighted by Crippen LogP contribution is 2.63. The number of carboxylic acid groups (broad SMARTS) is 1. The van der Waals surface area contributed by atoms with E-state index in [1.54, 1.807) is 12.1 Å². The molecule has 2 saturated carbocycles. The monoisotopic (exact) mass is 275 g/mol. The summed E-state index contributed by atoms with van der Waals surface area (Å²) in [5.41, 5.74) is -0.202. The summed E-state index contributed by atoms with van der Waals surface area (Å²) in [7, 11) is 0. The van der Waals surface area contributed by atoms with Crippen LogP contribution < -0.4 is 0 Å². The van der Waals surface area contributed by atoms with Gasteiger partial charge in [-0.1, -0.05) is 25.0 Å². The molecule has 0 radical (unpaired) electrons. The van der Waals surface area contributed by atoms with Crippen LogP contribution in [0.3, 0.4) is 0 Å². The molecule has 2 aliphatic rings. The Kier molecular flexibility index (Phi) is 2.81. The van der Waals surface area contributed by atoms with Gasteiger partial charge in [0, 0.05) is 12.1 Å². The number of carboxylic acids is 1. The van der Waals surface area contributed by atoms with E-state index in [1.807, 2.05) is 0 Å². The van der Waals surface area contributed by atoms with E-state index in [4.69, 9.17) is 0 Å². The molecule has 0 unspecified atom stereocenters. The average Bonchev–Trinajstić information content (AvgIpc) is 2.85. The molecule has 0 atom stereocenters. The summed E-state index contributed by atoms with van der Waals surface area (Å²) in [5, 5.41) is 20.5. The van der Waals surface area contributed by atoms with Gasteiger partial charge in [-0.05, 0) is 36.7 Å². The van der Waals surface area contributed by atoms with Gasteiger partial charge in [0.2, 0.25) is 0 Å². The molecular weight excluding hydrogens is 258 g/mol. The molecule has 0 aliphatic heterocycles. The molecule has 2 aliphatic carbocycles. The van der Waals surface area contributed by atoms with Crippen molar-refractivity contribution < 1.29 is 14.8 Å². The Hall–Kier alpha value is -1.91. The smallest absolute Gasteiger partial charge is 0.314 e. The van der Waals surface area contributed by atoms with Gasteiger partial charge < -0.3 is 5.11 Å². The third-order valence-electron chi connectivity index (χ3n) is 5.04. The van der Waals surface area contributed by atoms with Crippen LogP contribution in [0.25, 0.3) is 0 Å². The summed E-state index contributed by atoms with van der Waals surface area (Å²) in [4.78, 5) is 22.2. The summed E-state index contributed by atoms with van der Waals surface area (Å²) in [6, 6.07) is 6.12. The maximum atomic E-state index is 11.8. The summed E-state index contributed by atoms with van der Waals surface area (Å²) in [6.07, 6.45) is 5.77. The van der Waals surface area contributed by atoms with Crippen molar-refractivity contribution in [2.75, 3.05) is 0 Å². The van der Waals surface area contributed by atoms with Crippen molar-refractivity contribution in [1.29, 1.82) is 0 Å². The van der Waals surface area contributed by atoms with E-state index in [0.29, 0.717) is 18.4 Å². The first-order valence-electron chi connectivity index (χ1n) is 6.96. The Labute approximate surface area is 116 Å². The van der Waals surface area contributed by atoms with Crippen molar-refractivity contribution in [3.63, 3.8) is 0 Å². The Morgan fingerprint density at radius 2 is 1.90 bits per heavy atom. The normalized spacial score (nSPS) is 22.4. The summed E-state index contributed by atoms with van der Waals surface area (Å²) < 4.78 is 0. The third kappa shape index (κ3) is 1.80. The van der Waals surface area contributed by atoms with Crippen LogP contribution in [0.15, 0.2) is 24.3 Å². The number of non-ortho nitro benzene ring substituents is 1. The number of carbonyl (C=O) groups is 1. The zero-order valence-electron chi connectivity index (χ0n) is 11.2. The fraction of sp³-hybridized carbons (Fsp3) is 0.533. The number of hydrogen-bond acceptors (Lipinski definition) is 3. The maximum Gasteiger partial charge on any atom is 0.314 e. The zero-order chi connectivity index (χ0) is 14.4. The highest BCUT2D eigenvalue weighted by Gasteiger charge is 2.60. The van der Waals surface area contributed by atoms with Crippen molar-refractivity contribution in [2.45, 2.75) is 43.9 Å². The topological polar surface area (TPSA) is 80.4 Å². The lowest BCUT2D eigenvalue weighted by Crippen LogP contribution is -2.53. The molecule has 5 nitrogen and oxygen atoms in total. The molecule has 0 heterocycles. The minimum Gasteiger partial charge on any atom is -0.481 e. The fourth-order valence-electron chi connectivity index (χ4n) is 4.10.